The zero-order valence-electron chi connectivity index (χ0n) is 8.74. The minimum Gasteiger partial charge on any atom is -0.337 e. The van der Waals surface area contributed by atoms with Crippen molar-refractivity contribution in [2.45, 2.75) is 13.0 Å². The van der Waals surface area contributed by atoms with Crippen molar-refractivity contribution in [2.24, 2.45) is 11.0 Å². The first-order valence-corrected chi connectivity index (χ1v) is 5.98. The van der Waals surface area contributed by atoms with Crippen molar-refractivity contribution < 1.29 is 4.79 Å². The van der Waals surface area contributed by atoms with E-state index in [9.17, 15) is 4.79 Å². The van der Waals surface area contributed by atoms with Gasteiger partial charge in [-0.15, -0.1) is 11.3 Å². The van der Waals surface area contributed by atoms with Crippen LogP contribution < -0.4 is 0 Å². The van der Waals surface area contributed by atoms with Crippen molar-refractivity contribution in [3.05, 3.63) is 32.8 Å². The molecule has 1 atom stereocenters. The molecule has 1 fully saturated rings. The van der Waals surface area contributed by atoms with Gasteiger partial charge in [-0.05, 0) is 22.9 Å². The number of amides is 1. The van der Waals surface area contributed by atoms with Crippen LogP contribution in [0.2, 0.25) is 0 Å². The molecule has 2 heterocycles. The summed E-state index contributed by atoms with van der Waals surface area (Å²) in [4.78, 5) is 17.4. The van der Waals surface area contributed by atoms with Crippen molar-refractivity contribution >= 4 is 17.2 Å². The Balaban J connectivity index is 1.92. The average Bonchev–Trinajstić information content (AvgIpc) is 2.87. The van der Waals surface area contributed by atoms with Gasteiger partial charge in [0.15, 0.2) is 0 Å². The van der Waals surface area contributed by atoms with Crippen LogP contribution in [0.1, 0.15) is 11.3 Å². The van der Waals surface area contributed by atoms with Crippen molar-refractivity contribution in [2.75, 3.05) is 13.1 Å². The smallest absolute Gasteiger partial charge is 0.223 e. The molecule has 1 saturated heterocycles. The number of thiophene rings is 1. The number of carbonyl (C=O) groups excluding carboxylic acids is 1. The second-order valence-electron chi connectivity index (χ2n) is 3.84. The molecule has 1 aromatic heterocycles. The Labute approximate surface area is 97.3 Å². The van der Waals surface area contributed by atoms with E-state index in [1.165, 1.54) is 4.88 Å². The summed E-state index contributed by atoms with van der Waals surface area (Å²) < 4.78 is 0. The lowest BCUT2D eigenvalue weighted by Gasteiger charge is -2.14. The summed E-state index contributed by atoms with van der Waals surface area (Å²) in [6, 6.07) is 4.01. The molecule has 6 heteroatoms. The van der Waals surface area contributed by atoms with Gasteiger partial charge in [0.05, 0.1) is 6.54 Å². The number of likely N-dealkylation sites (tertiary alicyclic amines) is 1. The summed E-state index contributed by atoms with van der Waals surface area (Å²) in [5.74, 6) is 0.343. The van der Waals surface area contributed by atoms with E-state index in [1.807, 2.05) is 22.4 Å². The van der Waals surface area contributed by atoms with E-state index < -0.39 is 0 Å². The molecule has 16 heavy (non-hydrogen) atoms. The molecule has 1 unspecified atom stereocenters. The van der Waals surface area contributed by atoms with E-state index in [2.05, 4.69) is 10.0 Å². The monoisotopic (exact) mass is 236 g/mol. The van der Waals surface area contributed by atoms with E-state index in [-0.39, 0.29) is 11.8 Å². The van der Waals surface area contributed by atoms with Crippen LogP contribution in [0.25, 0.3) is 10.4 Å². The number of nitrogens with zero attached hydrogens (tertiary/aromatic N) is 4. The first kappa shape index (κ1) is 11.0. The minimum atomic E-state index is 0.159. The highest BCUT2D eigenvalue weighted by Crippen LogP contribution is 2.22. The fourth-order valence-corrected chi connectivity index (χ4v) is 2.59. The second kappa shape index (κ2) is 5.01. The topological polar surface area (TPSA) is 69.1 Å². The van der Waals surface area contributed by atoms with E-state index in [0.29, 0.717) is 26.1 Å². The molecule has 5 nitrogen and oxygen atoms in total. The molecule has 0 aliphatic carbocycles. The number of azide groups is 1. The number of hydrogen-bond acceptors (Lipinski definition) is 3. The quantitative estimate of drug-likeness (QED) is 0.449. The highest BCUT2D eigenvalue weighted by atomic mass is 32.1. The Bertz CT molecular complexity index is 410. The Hall–Kier alpha value is -1.52. The molecule has 0 saturated carbocycles. The molecule has 84 valence electrons. The fraction of sp³-hybridized carbons (Fsp3) is 0.500. The van der Waals surface area contributed by atoms with Crippen molar-refractivity contribution in [3.8, 4) is 0 Å². The Morgan fingerprint density at radius 1 is 1.69 bits per heavy atom. The van der Waals surface area contributed by atoms with Gasteiger partial charge in [-0.3, -0.25) is 4.79 Å². The maximum absolute atomic E-state index is 11.7. The standard InChI is InChI=1S/C10H12N4OS/c11-13-12-5-8-4-10(15)14(6-8)7-9-2-1-3-16-9/h1-3,8H,4-7H2. The highest BCUT2D eigenvalue weighted by Gasteiger charge is 2.28. The largest absolute Gasteiger partial charge is 0.337 e. The molecule has 1 aromatic rings. The van der Waals surface area contributed by atoms with Crippen LogP contribution in [0.3, 0.4) is 0 Å². The third-order valence-corrected chi connectivity index (χ3v) is 3.49. The molecule has 0 spiro atoms. The predicted octanol–water partition coefficient (Wildman–Crippen LogP) is 2.41. The lowest BCUT2D eigenvalue weighted by atomic mass is 10.1. The normalized spacial score (nSPS) is 19.9. The second-order valence-corrected chi connectivity index (χ2v) is 4.87. The van der Waals surface area contributed by atoms with Gasteiger partial charge in [-0.25, -0.2) is 0 Å². The lowest BCUT2D eigenvalue weighted by Crippen LogP contribution is -2.24. The van der Waals surface area contributed by atoms with Crippen molar-refractivity contribution in [1.29, 1.82) is 0 Å². The van der Waals surface area contributed by atoms with Crippen LogP contribution in [0.15, 0.2) is 22.6 Å². The summed E-state index contributed by atoms with van der Waals surface area (Å²) in [6.45, 7) is 1.81. The van der Waals surface area contributed by atoms with E-state index in [1.54, 1.807) is 11.3 Å². The lowest BCUT2D eigenvalue weighted by molar-refractivity contribution is -0.128. The highest BCUT2D eigenvalue weighted by molar-refractivity contribution is 7.09. The summed E-state index contributed by atoms with van der Waals surface area (Å²) in [5, 5.41) is 5.53. The summed E-state index contributed by atoms with van der Waals surface area (Å²) >= 11 is 1.66. The molecule has 0 aromatic carbocycles. The van der Waals surface area contributed by atoms with Crippen LogP contribution in [-0.4, -0.2) is 23.9 Å². The Morgan fingerprint density at radius 3 is 3.25 bits per heavy atom. The van der Waals surface area contributed by atoms with E-state index in [4.69, 9.17) is 5.53 Å². The first-order chi connectivity index (χ1) is 7.79. The molecular formula is C10H12N4OS. The van der Waals surface area contributed by atoms with Crippen LogP contribution in [0.4, 0.5) is 0 Å². The minimum absolute atomic E-state index is 0.159. The molecule has 1 amide bonds. The van der Waals surface area contributed by atoms with Gasteiger partial charge in [0.25, 0.3) is 0 Å². The number of carbonyl (C=O) groups is 1. The van der Waals surface area contributed by atoms with E-state index in [0.717, 1.165) is 0 Å². The van der Waals surface area contributed by atoms with E-state index >= 15 is 0 Å². The maximum Gasteiger partial charge on any atom is 0.223 e. The first-order valence-electron chi connectivity index (χ1n) is 5.10. The third kappa shape index (κ3) is 2.53. The van der Waals surface area contributed by atoms with Crippen molar-refractivity contribution in [3.63, 3.8) is 0 Å². The SMILES string of the molecule is [N-]=[N+]=NCC1CC(=O)N(Cc2cccs2)C1. The van der Waals surface area contributed by atoms with Gasteiger partial charge in [-0.1, -0.05) is 11.2 Å². The molecule has 0 N–H and O–H groups in total. The fourth-order valence-electron chi connectivity index (χ4n) is 1.87. The van der Waals surface area contributed by atoms with Gasteiger partial charge in [0, 0.05) is 29.3 Å². The molecular weight excluding hydrogens is 224 g/mol. The molecule has 2 rings (SSSR count). The van der Waals surface area contributed by atoms with Crippen LogP contribution in [0.5, 0.6) is 0 Å². The maximum atomic E-state index is 11.7. The number of hydrogen-bond donors (Lipinski definition) is 0. The van der Waals surface area contributed by atoms with Crippen LogP contribution >= 0.6 is 11.3 Å². The summed E-state index contributed by atoms with van der Waals surface area (Å²) in [6.07, 6.45) is 0.504. The predicted molar refractivity (Wildman–Crippen MR) is 61.9 cm³/mol. The Morgan fingerprint density at radius 2 is 2.56 bits per heavy atom. The summed E-state index contributed by atoms with van der Waals surface area (Å²) in [5.41, 5.74) is 8.23. The molecule has 0 bridgehead atoms. The average molecular weight is 236 g/mol. The van der Waals surface area contributed by atoms with Gasteiger partial charge < -0.3 is 4.90 Å². The van der Waals surface area contributed by atoms with Crippen molar-refractivity contribution in [1.82, 2.24) is 4.90 Å². The molecule has 1 aliphatic rings. The van der Waals surface area contributed by atoms with Gasteiger partial charge in [0.1, 0.15) is 0 Å². The zero-order valence-corrected chi connectivity index (χ0v) is 9.56. The van der Waals surface area contributed by atoms with Gasteiger partial charge in [-0.2, -0.15) is 0 Å². The Kier molecular flexibility index (Phi) is 3.44. The van der Waals surface area contributed by atoms with Crippen LogP contribution in [-0.2, 0) is 11.3 Å². The zero-order chi connectivity index (χ0) is 11.4. The number of rotatable bonds is 4. The van der Waals surface area contributed by atoms with Gasteiger partial charge >= 0.3 is 0 Å². The molecule has 1 aliphatic heterocycles. The van der Waals surface area contributed by atoms with Crippen LogP contribution in [0, 0.1) is 5.92 Å². The third-order valence-electron chi connectivity index (χ3n) is 2.62. The summed E-state index contributed by atoms with van der Waals surface area (Å²) in [7, 11) is 0. The molecule has 0 radical (unpaired) electrons. The van der Waals surface area contributed by atoms with Gasteiger partial charge in [0.2, 0.25) is 5.91 Å².